The van der Waals surface area contributed by atoms with Crippen molar-refractivity contribution in [1.82, 2.24) is 4.90 Å². The van der Waals surface area contributed by atoms with Gasteiger partial charge in [-0.1, -0.05) is 6.92 Å². The highest BCUT2D eigenvalue weighted by Gasteiger charge is 2.27. The molecule has 0 aliphatic carbocycles. The van der Waals surface area contributed by atoms with Crippen LogP contribution in [0.1, 0.15) is 23.7 Å². The van der Waals surface area contributed by atoms with Gasteiger partial charge in [0.2, 0.25) is 0 Å². The molecule has 1 heterocycles. The first-order chi connectivity index (χ1) is 9.29. The third-order valence-corrected chi connectivity index (χ3v) is 5.39. The minimum absolute atomic E-state index is 0.0690. The molecule has 1 aliphatic rings. The predicted octanol–water partition coefficient (Wildman–Crippen LogP) is 2.18. The maximum atomic E-state index is 12.3. The summed E-state index contributed by atoms with van der Waals surface area (Å²) in [5.74, 6) is 0.199. The predicted molar refractivity (Wildman–Crippen MR) is 78.9 cm³/mol. The van der Waals surface area contributed by atoms with Crippen LogP contribution in [0.5, 0.6) is 0 Å². The highest BCUT2D eigenvalue weighted by molar-refractivity contribution is 7.90. The van der Waals surface area contributed by atoms with Crippen LogP contribution < -0.4 is 0 Å². The van der Waals surface area contributed by atoms with Gasteiger partial charge in [0.05, 0.1) is 4.90 Å². The number of carbonyl (C=O) groups is 1. The zero-order valence-corrected chi connectivity index (χ0v) is 13.1. The van der Waals surface area contributed by atoms with Crippen LogP contribution in [-0.2, 0) is 9.84 Å². The highest BCUT2D eigenvalue weighted by atomic mass is 35.5. The standard InChI is InChI=1S/C14H18ClNO3S/c1-10-9-16(8-7-13(10)15)14(17)11-3-5-12(6-4-11)20(2,18)19/h3-6,10,13H,7-9H2,1-2H3. The Morgan fingerprint density at radius 1 is 1.30 bits per heavy atom. The molecule has 2 atom stereocenters. The molecule has 1 aromatic rings. The van der Waals surface area contributed by atoms with Gasteiger partial charge in [-0.15, -0.1) is 11.6 Å². The first-order valence-electron chi connectivity index (χ1n) is 6.52. The number of likely N-dealkylation sites (tertiary alicyclic amines) is 1. The summed E-state index contributed by atoms with van der Waals surface area (Å²) < 4.78 is 22.8. The van der Waals surface area contributed by atoms with Crippen LogP contribution in [0.15, 0.2) is 29.2 Å². The lowest BCUT2D eigenvalue weighted by molar-refractivity contribution is 0.0687. The van der Waals surface area contributed by atoms with Crippen molar-refractivity contribution in [3.8, 4) is 0 Å². The molecule has 20 heavy (non-hydrogen) atoms. The largest absolute Gasteiger partial charge is 0.338 e. The highest BCUT2D eigenvalue weighted by Crippen LogP contribution is 2.23. The van der Waals surface area contributed by atoms with Gasteiger partial charge in [0.15, 0.2) is 9.84 Å². The molecule has 4 nitrogen and oxygen atoms in total. The molecule has 0 spiro atoms. The van der Waals surface area contributed by atoms with Crippen molar-refractivity contribution in [1.29, 1.82) is 0 Å². The van der Waals surface area contributed by atoms with Crippen molar-refractivity contribution in [2.24, 2.45) is 5.92 Å². The summed E-state index contributed by atoms with van der Waals surface area (Å²) >= 11 is 6.15. The number of carbonyl (C=O) groups excluding carboxylic acids is 1. The number of hydrogen-bond acceptors (Lipinski definition) is 3. The maximum Gasteiger partial charge on any atom is 0.253 e. The van der Waals surface area contributed by atoms with Gasteiger partial charge in [0, 0.05) is 30.3 Å². The van der Waals surface area contributed by atoms with Crippen LogP contribution in [0.2, 0.25) is 0 Å². The zero-order valence-electron chi connectivity index (χ0n) is 11.5. The fourth-order valence-electron chi connectivity index (χ4n) is 2.33. The van der Waals surface area contributed by atoms with E-state index in [-0.39, 0.29) is 22.1 Å². The van der Waals surface area contributed by atoms with E-state index in [4.69, 9.17) is 11.6 Å². The van der Waals surface area contributed by atoms with Crippen molar-refractivity contribution in [2.75, 3.05) is 19.3 Å². The maximum absolute atomic E-state index is 12.3. The Hall–Kier alpha value is -1.07. The molecule has 2 unspecified atom stereocenters. The van der Waals surface area contributed by atoms with Crippen molar-refractivity contribution in [3.05, 3.63) is 29.8 Å². The Labute approximate surface area is 124 Å². The first kappa shape index (κ1) is 15.3. The monoisotopic (exact) mass is 315 g/mol. The minimum atomic E-state index is -3.23. The molecule has 1 fully saturated rings. The SMILES string of the molecule is CC1CN(C(=O)c2ccc(S(C)(=O)=O)cc2)CCC1Cl. The molecule has 0 bridgehead atoms. The van der Waals surface area contributed by atoms with Crippen molar-refractivity contribution in [2.45, 2.75) is 23.6 Å². The second kappa shape index (κ2) is 5.74. The number of hydrogen-bond donors (Lipinski definition) is 0. The van der Waals surface area contributed by atoms with Gasteiger partial charge in [-0.25, -0.2) is 8.42 Å². The van der Waals surface area contributed by atoms with Gasteiger partial charge in [-0.3, -0.25) is 4.79 Å². The Morgan fingerprint density at radius 2 is 1.90 bits per heavy atom. The number of piperidine rings is 1. The number of sulfone groups is 1. The average molecular weight is 316 g/mol. The summed E-state index contributed by atoms with van der Waals surface area (Å²) in [6.45, 7) is 3.32. The summed E-state index contributed by atoms with van der Waals surface area (Å²) in [5, 5.41) is 0.117. The summed E-state index contributed by atoms with van der Waals surface area (Å²) in [6, 6.07) is 6.08. The van der Waals surface area contributed by atoms with Gasteiger partial charge in [-0.2, -0.15) is 0 Å². The van der Waals surface area contributed by atoms with Crippen molar-refractivity contribution in [3.63, 3.8) is 0 Å². The number of alkyl halides is 1. The molecule has 1 saturated heterocycles. The van der Waals surface area contributed by atoms with Crippen molar-refractivity contribution >= 4 is 27.3 Å². The van der Waals surface area contributed by atoms with Crippen LogP contribution in [0, 0.1) is 5.92 Å². The lowest BCUT2D eigenvalue weighted by atomic mass is 9.99. The smallest absolute Gasteiger partial charge is 0.253 e. The zero-order chi connectivity index (χ0) is 14.9. The topological polar surface area (TPSA) is 54.5 Å². The number of rotatable bonds is 2. The molecule has 0 saturated carbocycles. The van der Waals surface area contributed by atoms with E-state index in [2.05, 4.69) is 0 Å². The third kappa shape index (κ3) is 3.33. The fourth-order valence-corrected chi connectivity index (χ4v) is 3.14. The molecular formula is C14H18ClNO3S. The molecule has 0 N–H and O–H groups in total. The van der Waals surface area contributed by atoms with Gasteiger partial charge in [-0.05, 0) is 36.6 Å². The Morgan fingerprint density at radius 3 is 2.40 bits per heavy atom. The van der Waals surface area contributed by atoms with Crippen LogP contribution >= 0.6 is 11.6 Å². The lowest BCUT2D eigenvalue weighted by Gasteiger charge is -2.34. The molecule has 0 radical (unpaired) electrons. The molecule has 0 aromatic heterocycles. The Bertz CT molecular complexity index is 597. The number of benzene rings is 1. The molecule has 110 valence electrons. The first-order valence-corrected chi connectivity index (χ1v) is 8.85. The summed E-state index contributed by atoms with van der Waals surface area (Å²) in [7, 11) is -3.23. The molecule has 1 amide bonds. The lowest BCUT2D eigenvalue weighted by Crippen LogP contribution is -2.43. The van der Waals surface area contributed by atoms with Gasteiger partial charge >= 0.3 is 0 Å². The number of halogens is 1. The van der Waals surface area contributed by atoms with Crippen LogP contribution in [0.4, 0.5) is 0 Å². The summed E-state index contributed by atoms with van der Waals surface area (Å²) in [6.07, 6.45) is 1.94. The Kier molecular flexibility index (Phi) is 4.39. The third-order valence-electron chi connectivity index (χ3n) is 3.62. The number of amides is 1. The van der Waals surface area contributed by atoms with E-state index in [1.54, 1.807) is 17.0 Å². The van der Waals surface area contributed by atoms with Gasteiger partial charge < -0.3 is 4.90 Å². The molecular weight excluding hydrogens is 298 g/mol. The number of nitrogens with zero attached hydrogens (tertiary/aromatic N) is 1. The average Bonchev–Trinajstić information content (AvgIpc) is 2.40. The Balaban J connectivity index is 2.14. The molecule has 2 rings (SSSR count). The second-order valence-electron chi connectivity index (χ2n) is 5.33. The van der Waals surface area contributed by atoms with Crippen LogP contribution in [0.25, 0.3) is 0 Å². The van der Waals surface area contributed by atoms with Crippen molar-refractivity contribution < 1.29 is 13.2 Å². The molecule has 6 heteroatoms. The van der Waals surface area contributed by atoms with E-state index in [9.17, 15) is 13.2 Å². The quantitative estimate of drug-likeness (QED) is 0.786. The second-order valence-corrected chi connectivity index (χ2v) is 7.91. The van der Waals surface area contributed by atoms with Crippen LogP contribution in [-0.4, -0.2) is 43.9 Å². The molecule has 1 aromatic carbocycles. The van der Waals surface area contributed by atoms with E-state index in [0.717, 1.165) is 12.7 Å². The van der Waals surface area contributed by atoms with E-state index in [0.29, 0.717) is 18.7 Å². The van der Waals surface area contributed by atoms with Gasteiger partial charge in [0.25, 0.3) is 5.91 Å². The minimum Gasteiger partial charge on any atom is -0.338 e. The van der Waals surface area contributed by atoms with E-state index in [1.165, 1.54) is 12.1 Å². The van der Waals surface area contributed by atoms with E-state index < -0.39 is 9.84 Å². The molecule has 1 aliphatic heterocycles. The summed E-state index contributed by atoms with van der Waals surface area (Å²) in [4.78, 5) is 14.3. The van der Waals surface area contributed by atoms with E-state index >= 15 is 0 Å². The van der Waals surface area contributed by atoms with Crippen LogP contribution in [0.3, 0.4) is 0 Å². The van der Waals surface area contributed by atoms with E-state index in [1.807, 2.05) is 6.92 Å². The normalized spacial score (nSPS) is 23.6. The van der Waals surface area contributed by atoms with Gasteiger partial charge in [0.1, 0.15) is 0 Å². The summed E-state index contributed by atoms with van der Waals surface area (Å²) in [5.41, 5.74) is 0.512. The fraction of sp³-hybridized carbons (Fsp3) is 0.500.